The topological polar surface area (TPSA) is 109 Å². The summed E-state index contributed by atoms with van der Waals surface area (Å²) in [7, 11) is -4.42. The van der Waals surface area contributed by atoms with Gasteiger partial charge < -0.3 is 11.1 Å². The fourth-order valence-corrected chi connectivity index (χ4v) is 1.78. The van der Waals surface area contributed by atoms with E-state index < -0.39 is 20.9 Å². The molecule has 1 rings (SSSR count). The van der Waals surface area contributed by atoms with E-state index in [1.807, 2.05) is 0 Å². The number of nitrogens with two attached hydrogens (primary N) is 1. The molecule has 92 valence electrons. The van der Waals surface area contributed by atoms with Gasteiger partial charge in [0.15, 0.2) is 0 Å². The summed E-state index contributed by atoms with van der Waals surface area (Å²) in [4.78, 5) is 10.8. The average molecular weight is 321 g/mol. The van der Waals surface area contributed by atoms with Crippen LogP contribution in [0.1, 0.15) is 0 Å². The predicted octanol–water partition coefficient (Wildman–Crippen LogP) is 1.36. The first-order valence-corrected chi connectivity index (χ1v) is 6.48. The SMILES string of the molecule is C=C(Br)C(=O)Nc1ccc(N)c(S(=O)(=O)O)c1. The maximum atomic E-state index is 11.3. The standard InChI is InChI=1S/C9H9BrN2O4S/c1-5(10)9(13)12-6-2-3-7(11)8(4-6)17(14,15)16/h2-4H,1,11H2,(H,12,13)(H,14,15,16). The minimum atomic E-state index is -4.42. The lowest BCUT2D eigenvalue weighted by Gasteiger charge is -2.07. The number of nitrogens with one attached hydrogen (secondary N) is 1. The molecule has 0 unspecified atom stereocenters. The monoisotopic (exact) mass is 320 g/mol. The number of anilines is 2. The van der Waals surface area contributed by atoms with Gasteiger partial charge in [0.25, 0.3) is 16.0 Å². The van der Waals surface area contributed by atoms with E-state index in [-0.39, 0.29) is 15.9 Å². The van der Waals surface area contributed by atoms with E-state index in [2.05, 4.69) is 27.8 Å². The van der Waals surface area contributed by atoms with E-state index in [1.165, 1.54) is 12.1 Å². The number of hydrogen-bond donors (Lipinski definition) is 3. The fourth-order valence-electron chi connectivity index (χ4n) is 1.03. The molecule has 0 heterocycles. The Hall–Kier alpha value is -1.38. The molecule has 1 aromatic rings. The second-order valence-corrected chi connectivity index (χ2v) is 5.43. The summed E-state index contributed by atoms with van der Waals surface area (Å²) in [6.45, 7) is 3.35. The van der Waals surface area contributed by atoms with Crippen LogP contribution in [0.5, 0.6) is 0 Å². The van der Waals surface area contributed by atoms with E-state index >= 15 is 0 Å². The van der Waals surface area contributed by atoms with E-state index in [4.69, 9.17) is 10.3 Å². The van der Waals surface area contributed by atoms with Crippen molar-refractivity contribution in [2.75, 3.05) is 11.1 Å². The van der Waals surface area contributed by atoms with Gasteiger partial charge in [-0.05, 0) is 34.1 Å². The van der Waals surface area contributed by atoms with Crippen molar-refractivity contribution in [3.63, 3.8) is 0 Å². The molecule has 0 saturated carbocycles. The smallest absolute Gasteiger partial charge is 0.296 e. The highest BCUT2D eigenvalue weighted by molar-refractivity contribution is 9.12. The van der Waals surface area contributed by atoms with E-state index in [0.29, 0.717) is 0 Å². The number of hydrogen-bond acceptors (Lipinski definition) is 4. The van der Waals surface area contributed by atoms with Gasteiger partial charge in [0.05, 0.1) is 10.2 Å². The molecule has 0 aliphatic rings. The van der Waals surface area contributed by atoms with Gasteiger partial charge >= 0.3 is 0 Å². The van der Waals surface area contributed by atoms with Crippen LogP contribution >= 0.6 is 15.9 Å². The first-order valence-electron chi connectivity index (χ1n) is 4.24. The van der Waals surface area contributed by atoms with Gasteiger partial charge in [0.1, 0.15) is 4.90 Å². The molecule has 4 N–H and O–H groups in total. The van der Waals surface area contributed by atoms with E-state index in [1.54, 1.807) is 0 Å². The van der Waals surface area contributed by atoms with Gasteiger partial charge in [0.2, 0.25) is 0 Å². The first kappa shape index (κ1) is 13.7. The molecule has 6 nitrogen and oxygen atoms in total. The molecule has 0 aliphatic carbocycles. The van der Waals surface area contributed by atoms with Gasteiger partial charge in [-0.2, -0.15) is 8.42 Å². The summed E-state index contributed by atoms with van der Waals surface area (Å²) in [6.07, 6.45) is 0. The van der Waals surface area contributed by atoms with Crippen LogP contribution in [-0.2, 0) is 14.9 Å². The Morgan fingerprint density at radius 1 is 1.47 bits per heavy atom. The lowest BCUT2D eigenvalue weighted by atomic mass is 10.3. The van der Waals surface area contributed by atoms with Gasteiger partial charge in [-0.3, -0.25) is 9.35 Å². The number of rotatable bonds is 3. The lowest BCUT2D eigenvalue weighted by Crippen LogP contribution is -2.12. The summed E-state index contributed by atoms with van der Waals surface area (Å²) >= 11 is 2.87. The number of nitrogen functional groups attached to an aromatic ring is 1. The Morgan fingerprint density at radius 2 is 2.06 bits per heavy atom. The van der Waals surface area contributed by atoms with Gasteiger partial charge in [-0.1, -0.05) is 6.58 Å². The maximum absolute atomic E-state index is 11.3. The average Bonchev–Trinajstić information content (AvgIpc) is 2.19. The largest absolute Gasteiger partial charge is 0.398 e. The molecule has 0 aliphatic heterocycles. The highest BCUT2D eigenvalue weighted by atomic mass is 79.9. The summed E-state index contributed by atoms with van der Waals surface area (Å²) in [6, 6.07) is 3.71. The van der Waals surface area contributed by atoms with E-state index in [9.17, 15) is 13.2 Å². The quantitative estimate of drug-likeness (QED) is 0.442. The van der Waals surface area contributed by atoms with Crippen LogP contribution in [0.15, 0.2) is 34.2 Å². The third-order valence-electron chi connectivity index (χ3n) is 1.80. The van der Waals surface area contributed by atoms with Crippen molar-refractivity contribution in [1.29, 1.82) is 0 Å². The highest BCUT2D eigenvalue weighted by Crippen LogP contribution is 2.22. The van der Waals surface area contributed by atoms with Crippen LogP contribution in [-0.4, -0.2) is 18.9 Å². The van der Waals surface area contributed by atoms with Crippen molar-refractivity contribution in [2.45, 2.75) is 4.90 Å². The second kappa shape index (κ2) is 4.86. The summed E-state index contributed by atoms with van der Waals surface area (Å²) in [5, 5.41) is 2.36. The maximum Gasteiger partial charge on any atom is 0.296 e. The number of carbonyl (C=O) groups excluding carboxylic acids is 1. The molecule has 0 atom stereocenters. The molecule has 8 heteroatoms. The molecular weight excluding hydrogens is 312 g/mol. The Balaban J connectivity index is 3.14. The van der Waals surface area contributed by atoms with Crippen molar-refractivity contribution in [1.82, 2.24) is 0 Å². The molecule has 0 saturated heterocycles. The molecule has 0 fully saturated rings. The van der Waals surface area contributed by atoms with Crippen LogP contribution in [0, 0.1) is 0 Å². The summed E-state index contributed by atoms with van der Waals surface area (Å²) in [5.41, 5.74) is 5.46. The van der Waals surface area contributed by atoms with Crippen molar-refractivity contribution < 1.29 is 17.8 Å². The molecule has 1 amide bonds. The van der Waals surface area contributed by atoms with Crippen LogP contribution in [0.25, 0.3) is 0 Å². The Labute approximate surface area is 106 Å². The number of carbonyl (C=O) groups is 1. The van der Waals surface area contributed by atoms with Crippen LogP contribution in [0.3, 0.4) is 0 Å². The lowest BCUT2D eigenvalue weighted by molar-refractivity contribution is -0.112. The Kier molecular flexibility index (Phi) is 3.91. The predicted molar refractivity (Wildman–Crippen MR) is 67.4 cm³/mol. The zero-order chi connectivity index (χ0) is 13.2. The van der Waals surface area contributed by atoms with Gasteiger partial charge in [-0.25, -0.2) is 0 Å². The second-order valence-electron chi connectivity index (χ2n) is 3.09. The fraction of sp³-hybridized carbons (Fsp3) is 0. The molecule has 1 aromatic carbocycles. The van der Waals surface area contributed by atoms with Gasteiger partial charge in [0, 0.05) is 5.69 Å². The highest BCUT2D eigenvalue weighted by Gasteiger charge is 2.15. The third kappa shape index (κ3) is 3.55. The van der Waals surface area contributed by atoms with Crippen molar-refractivity contribution in [2.24, 2.45) is 0 Å². The minimum absolute atomic E-state index is 0.0859. The van der Waals surface area contributed by atoms with Crippen molar-refractivity contribution in [3.05, 3.63) is 29.3 Å². The van der Waals surface area contributed by atoms with Crippen LogP contribution < -0.4 is 11.1 Å². The number of benzene rings is 1. The van der Waals surface area contributed by atoms with Gasteiger partial charge in [-0.15, -0.1) is 0 Å². The molecule has 0 radical (unpaired) electrons. The number of amides is 1. The number of halogens is 1. The summed E-state index contributed by atoms with van der Waals surface area (Å²) < 4.78 is 30.9. The normalized spacial score (nSPS) is 10.9. The Bertz CT molecular complexity index is 583. The van der Waals surface area contributed by atoms with Crippen LogP contribution in [0.2, 0.25) is 0 Å². The minimum Gasteiger partial charge on any atom is -0.398 e. The molecule has 0 bridgehead atoms. The first-order chi connectivity index (χ1) is 7.71. The van der Waals surface area contributed by atoms with Crippen LogP contribution in [0.4, 0.5) is 11.4 Å². The third-order valence-corrected chi connectivity index (χ3v) is 3.07. The molecule has 0 spiro atoms. The molecule has 17 heavy (non-hydrogen) atoms. The molecule has 0 aromatic heterocycles. The zero-order valence-corrected chi connectivity index (χ0v) is 10.9. The van der Waals surface area contributed by atoms with Crippen molar-refractivity contribution in [3.8, 4) is 0 Å². The van der Waals surface area contributed by atoms with Crippen molar-refractivity contribution >= 4 is 43.3 Å². The van der Waals surface area contributed by atoms with E-state index in [0.717, 1.165) is 6.07 Å². The summed E-state index contributed by atoms with van der Waals surface area (Å²) in [5.74, 6) is -0.531. The molecular formula is C9H9BrN2O4S. The Morgan fingerprint density at radius 3 is 2.53 bits per heavy atom. The zero-order valence-electron chi connectivity index (χ0n) is 8.47.